The van der Waals surface area contributed by atoms with Crippen molar-refractivity contribution < 1.29 is 23.2 Å². The Kier molecular flexibility index (Phi) is 9.24. The minimum atomic E-state index is -1.41. The Morgan fingerprint density at radius 1 is 1.15 bits per heavy atom. The van der Waals surface area contributed by atoms with Gasteiger partial charge in [0.05, 0.1) is 14.2 Å². The van der Waals surface area contributed by atoms with Crippen molar-refractivity contribution in [3.05, 3.63) is 60.0 Å². The van der Waals surface area contributed by atoms with Crippen LogP contribution in [-0.2, 0) is 21.7 Å². The monoisotopic (exact) mass is 485 g/mol. The van der Waals surface area contributed by atoms with Gasteiger partial charge < -0.3 is 28.7 Å². The van der Waals surface area contributed by atoms with Crippen molar-refractivity contribution in [1.82, 2.24) is 10.3 Å². The number of oxazole rings is 1. The smallest absolute Gasteiger partial charge is 0.269 e. The van der Waals surface area contributed by atoms with Crippen molar-refractivity contribution in [3.8, 4) is 23.0 Å². The van der Waals surface area contributed by atoms with Crippen molar-refractivity contribution in [2.75, 3.05) is 44.5 Å². The van der Waals surface area contributed by atoms with E-state index in [1.165, 1.54) is 0 Å². The molecule has 182 valence electrons. The van der Waals surface area contributed by atoms with E-state index in [2.05, 4.69) is 22.1 Å². The van der Waals surface area contributed by atoms with Crippen LogP contribution in [0.25, 0.3) is 11.5 Å². The van der Waals surface area contributed by atoms with Gasteiger partial charge in [0.15, 0.2) is 23.0 Å². The molecule has 0 aliphatic rings. The molecule has 8 nitrogen and oxygen atoms in total. The van der Waals surface area contributed by atoms with Crippen molar-refractivity contribution in [1.29, 1.82) is 0 Å². The van der Waals surface area contributed by atoms with Gasteiger partial charge in [-0.2, -0.15) is 0 Å². The highest BCUT2D eigenvalue weighted by Crippen LogP contribution is 2.32. The minimum Gasteiger partial charge on any atom is -0.616 e. The van der Waals surface area contributed by atoms with Crippen LogP contribution in [0, 0.1) is 6.92 Å². The Morgan fingerprint density at radius 2 is 1.88 bits per heavy atom. The molecule has 1 atom stereocenters. The third-order valence-corrected chi connectivity index (χ3v) is 6.50. The normalized spacial score (nSPS) is 11.7. The van der Waals surface area contributed by atoms with Crippen LogP contribution in [0.5, 0.6) is 11.5 Å². The van der Waals surface area contributed by atoms with Crippen molar-refractivity contribution in [2.45, 2.75) is 19.6 Å². The summed E-state index contributed by atoms with van der Waals surface area (Å²) in [6.45, 7) is 5.83. The Labute approximate surface area is 203 Å². The van der Waals surface area contributed by atoms with Crippen molar-refractivity contribution >= 4 is 22.8 Å². The van der Waals surface area contributed by atoms with Crippen LogP contribution in [0.2, 0.25) is 0 Å². The minimum absolute atomic E-state index is 0.0878. The lowest BCUT2D eigenvalue weighted by molar-refractivity contribution is -0.118. The van der Waals surface area contributed by atoms with Gasteiger partial charge in [-0.3, -0.25) is 4.79 Å². The van der Waals surface area contributed by atoms with Gasteiger partial charge in [0.1, 0.15) is 11.5 Å². The summed E-state index contributed by atoms with van der Waals surface area (Å²) in [6, 6.07) is 15.4. The predicted molar refractivity (Wildman–Crippen MR) is 134 cm³/mol. The second-order valence-corrected chi connectivity index (χ2v) is 9.04. The standard InChI is InChI=1S/C25H31N3O5S/c1-5-28(20-9-7-6-8-10-20)14-13-26-24(29)17-34(30)16-21-18(2)33-25(27-21)19-11-12-22(31-3)23(15-19)32-4/h6-12,15H,5,13-14,16-17H2,1-4H3,(H,26,29). The molecule has 9 heteroatoms. The maximum Gasteiger partial charge on any atom is 0.269 e. The number of ether oxygens (including phenoxy) is 2. The fourth-order valence-electron chi connectivity index (χ4n) is 3.49. The van der Waals surface area contributed by atoms with Gasteiger partial charge in [-0.05, 0) is 55.4 Å². The highest BCUT2D eigenvalue weighted by molar-refractivity contribution is 7.91. The Morgan fingerprint density at radius 3 is 2.56 bits per heavy atom. The van der Waals surface area contributed by atoms with E-state index in [1.807, 2.05) is 36.4 Å². The van der Waals surface area contributed by atoms with Gasteiger partial charge in [-0.15, -0.1) is 0 Å². The van der Waals surface area contributed by atoms with Crippen molar-refractivity contribution in [2.24, 2.45) is 0 Å². The van der Waals surface area contributed by atoms with E-state index >= 15 is 0 Å². The molecule has 1 unspecified atom stereocenters. The van der Waals surface area contributed by atoms with E-state index in [0.717, 1.165) is 17.8 Å². The average Bonchev–Trinajstić information content (AvgIpc) is 3.21. The lowest BCUT2D eigenvalue weighted by Gasteiger charge is -2.23. The molecule has 3 rings (SSSR count). The maximum absolute atomic E-state index is 12.6. The zero-order chi connectivity index (χ0) is 24.5. The SMILES string of the molecule is CCN(CCNC(=O)C[S+]([O-])Cc1nc(-c2ccc(OC)c(OC)c2)oc1C)c1ccccc1. The van der Waals surface area contributed by atoms with E-state index in [-0.39, 0.29) is 17.4 Å². The molecule has 0 bridgehead atoms. The van der Waals surface area contributed by atoms with Gasteiger partial charge in [-0.25, -0.2) is 4.98 Å². The summed E-state index contributed by atoms with van der Waals surface area (Å²) in [5.74, 6) is 1.94. The number of likely N-dealkylation sites (N-methyl/N-ethyl adjacent to an activating group) is 1. The third-order valence-electron chi connectivity index (χ3n) is 5.32. The first-order valence-corrected chi connectivity index (χ1v) is 12.5. The van der Waals surface area contributed by atoms with Crippen LogP contribution < -0.4 is 19.7 Å². The number of hydrogen-bond donors (Lipinski definition) is 1. The van der Waals surface area contributed by atoms with Gasteiger partial charge in [0, 0.05) is 30.9 Å². The largest absolute Gasteiger partial charge is 0.616 e. The maximum atomic E-state index is 12.6. The Balaban J connectivity index is 1.52. The summed E-state index contributed by atoms with van der Waals surface area (Å²) in [5, 5.41) is 2.86. The predicted octanol–water partition coefficient (Wildman–Crippen LogP) is 3.56. The third kappa shape index (κ3) is 6.68. The summed E-state index contributed by atoms with van der Waals surface area (Å²) in [7, 11) is 3.13. The Hall–Kier alpha value is -3.17. The van der Waals surface area contributed by atoms with Crippen LogP contribution in [-0.4, -0.2) is 55.1 Å². The average molecular weight is 486 g/mol. The number of hydrogen-bond acceptors (Lipinski definition) is 7. The molecule has 0 aliphatic heterocycles. The first kappa shape index (κ1) is 25.5. The lowest BCUT2D eigenvalue weighted by Crippen LogP contribution is -2.37. The van der Waals surface area contributed by atoms with Gasteiger partial charge in [0.25, 0.3) is 5.91 Å². The van der Waals surface area contributed by atoms with Crippen LogP contribution in [0.4, 0.5) is 5.69 Å². The molecule has 34 heavy (non-hydrogen) atoms. The zero-order valence-electron chi connectivity index (χ0n) is 20.0. The number of anilines is 1. The highest BCUT2D eigenvalue weighted by Gasteiger charge is 2.20. The summed E-state index contributed by atoms with van der Waals surface area (Å²) in [4.78, 5) is 19.0. The van der Waals surface area contributed by atoms with E-state index in [4.69, 9.17) is 13.9 Å². The topological polar surface area (TPSA) is 99.9 Å². The number of nitrogens with one attached hydrogen (secondary N) is 1. The molecule has 0 spiro atoms. The first-order chi connectivity index (χ1) is 16.4. The van der Waals surface area contributed by atoms with Gasteiger partial charge >= 0.3 is 0 Å². The highest BCUT2D eigenvalue weighted by atomic mass is 32.2. The Bertz CT molecular complexity index is 1070. The number of para-hydroxylation sites is 1. The fraction of sp³-hybridized carbons (Fsp3) is 0.360. The molecular weight excluding hydrogens is 454 g/mol. The zero-order valence-corrected chi connectivity index (χ0v) is 20.8. The molecule has 0 radical (unpaired) electrons. The number of benzene rings is 2. The van der Waals surface area contributed by atoms with Crippen LogP contribution >= 0.6 is 0 Å². The number of nitrogens with zero attached hydrogens (tertiary/aromatic N) is 2. The summed E-state index contributed by atoms with van der Waals surface area (Å²) in [5.41, 5.74) is 2.39. The molecule has 0 fully saturated rings. The van der Waals surface area contributed by atoms with Gasteiger partial charge in [-0.1, -0.05) is 18.2 Å². The van der Waals surface area contributed by atoms with E-state index < -0.39 is 11.2 Å². The molecule has 2 aromatic carbocycles. The molecule has 1 aromatic heterocycles. The van der Waals surface area contributed by atoms with E-state index in [1.54, 1.807) is 33.3 Å². The summed E-state index contributed by atoms with van der Waals surface area (Å²) < 4.78 is 29.0. The van der Waals surface area contributed by atoms with Crippen LogP contribution in [0.3, 0.4) is 0 Å². The summed E-state index contributed by atoms with van der Waals surface area (Å²) in [6.07, 6.45) is 0. The van der Waals surface area contributed by atoms with Gasteiger partial charge in [0.2, 0.25) is 5.89 Å². The number of amides is 1. The van der Waals surface area contributed by atoms with Crippen molar-refractivity contribution in [3.63, 3.8) is 0 Å². The fourth-order valence-corrected chi connectivity index (χ4v) is 4.56. The second kappa shape index (κ2) is 12.3. The molecule has 0 aliphatic carbocycles. The summed E-state index contributed by atoms with van der Waals surface area (Å²) >= 11 is -1.41. The van der Waals surface area contributed by atoms with E-state index in [0.29, 0.717) is 41.9 Å². The quantitative estimate of drug-likeness (QED) is 0.392. The number of aromatic nitrogens is 1. The second-order valence-electron chi connectivity index (χ2n) is 7.59. The molecule has 1 amide bonds. The molecular formula is C25H31N3O5S. The molecule has 0 saturated carbocycles. The van der Waals surface area contributed by atoms with Crippen LogP contribution in [0.15, 0.2) is 52.9 Å². The molecule has 1 heterocycles. The first-order valence-electron chi connectivity index (χ1n) is 11.1. The number of aryl methyl sites for hydroxylation is 1. The number of rotatable bonds is 12. The molecule has 0 saturated heterocycles. The van der Waals surface area contributed by atoms with Crippen LogP contribution in [0.1, 0.15) is 18.4 Å². The molecule has 3 aromatic rings. The number of carbonyl (C=O) groups is 1. The lowest BCUT2D eigenvalue weighted by atomic mass is 10.2. The molecule has 1 N–H and O–H groups in total. The van der Waals surface area contributed by atoms with E-state index in [9.17, 15) is 9.35 Å². The number of carbonyl (C=O) groups excluding carboxylic acids is 1. The number of methoxy groups -OCH3 is 2.